The third kappa shape index (κ3) is 1.30. The van der Waals surface area contributed by atoms with Gasteiger partial charge in [0, 0.05) is 4.90 Å². The van der Waals surface area contributed by atoms with Crippen molar-refractivity contribution in [3.8, 4) is 0 Å². The molecule has 0 saturated carbocycles. The molecule has 0 aliphatic rings. The highest BCUT2D eigenvalue weighted by atomic mass is 32.1. The highest BCUT2D eigenvalue weighted by Gasteiger charge is 1.95. The van der Waals surface area contributed by atoms with E-state index in [1.165, 1.54) is 12.1 Å². The van der Waals surface area contributed by atoms with E-state index >= 15 is 0 Å². The minimum Gasteiger partial charge on any atom is -0.207 e. The molecule has 2 rings (SSSR count). The third-order valence-corrected chi connectivity index (χ3v) is 2.06. The molecular weight excluding hydrogens is 171 g/mol. The van der Waals surface area contributed by atoms with Crippen molar-refractivity contribution in [2.45, 2.75) is 4.90 Å². The molecule has 0 spiro atoms. The highest BCUT2D eigenvalue weighted by molar-refractivity contribution is 7.80. The van der Waals surface area contributed by atoms with E-state index in [1.54, 1.807) is 6.07 Å². The van der Waals surface area contributed by atoms with Gasteiger partial charge in [-0.15, -0.1) is 12.6 Å². The van der Waals surface area contributed by atoms with E-state index in [-0.39, 0.29) is 5.82 Å². The summed E-state index contributed by atoms with van der Waals surface area (Å²) in [4.78, 5) is 0.897. The normalized spacial score (nSPS) is 10.5. The number of halogens is 1. The quantitative estimate of drug-likeness (QED) is 0.588. The van der Waals surface area contributed by atoms with E-state index < -0.39 is 0 Å². The maximum Gasteiger partial charge on any atom is 0.123 e. The van der Waals surface area contributed by atoms with Crippen LogP contribution in [0, 0.1) is 5.82 Å². The second-order valence-corrected chi connectivity index (χ2v) is 3.19. The molecule has 0 heterocycles. The average molecular weight is 178 g/mol. The van der Waals surface area contributed by atoms with Gasteiger partial charge in [-0.25, -0.2) is 4.39 Å². The number of hydrogen-bond acceptors (Lipinski definition) is 1. The SMILES string of the molecule is Fc1ccc2cc(S)ccc2c1. The minimum absolute atomic E-state index is 0.200. The Labute approximate surface area is 75.4 Å². The lowest BCUT2D eigenvalue weighted by atomic mass is 10.1. The smallest absolute Gasteiger partial charge is 0.123 e. The minimum atomic E-state index is -0.200. The van der Waals surface area contributed by atoms with Crippen molar-refractivity contribution in [3.63, 3.8) is 0 Å². The largest absolute Gasteiger partial charge is 0.207 e. The van der Waals surface area contributed by atoms with Crippen molar-refractivity contribution >= 4 is 23.4 Å². The first-order valence-electron chi connectivity index (χ1n) is 3.64. The number of rotatable bonds is 0. The lowest BCUT2D eigenvalue weighted by Gasteiger charge is -1.97. The molecule has 0 N–H and O–H groups in total. The van der Waals surface area contributed by atoms with Gasteiger partial charge >= 0.3 is 0 Å². The summed E-state index contributed by atoms with van der Waals surface area (Å²) in [7, 11) is 0. The molecule has 2 heteroatoms. The van der Waals surface area contributed by atoms with Crippen LogP contribution < -0.4 is 0 Å². The fraction of sp³-hybridized carbons (Fsp3) is 0. The molecule has 0 bridgehead atoms. The molecule has 0 unspecified atom stereocenters. The fourth-order valence-electron chi connectivity index (χ4n) is 1.20. The lowest BCUT2D eigenvalue weighted by Crippen LogP contribution is -1.75. The van der Waals surface area contributed by atoms with Crippen LogP contribution in [0.25, 0.3) is 10.8 Å². The summed E-state index contributed by atoms with van der Waals surface area (Å²) in [5.74, 6) is -0.200. The van der Waals surface area contributed by atoms with Crippen molar-refractivity contribution < 1.29 is 4.39 Å². The Morgan fingerprint density at radius 3 is 2.42 bits per heavy atom. The lowest BCUT2D eigenvalue weighted by molar-refractivity contribution is 0.630. The summed E-state index contributed by atoms with van der Waals surface area (Å²) in [6, 6.07) is 10.4. The number of fused-ring (bicyclic) bond motifs is 1. The standard InChI is InChI=1S/C10H7FS/c11-9-3-1-8-6-10(12)4-2-7(8)5-9/h1-6,12H. The molecule has 0 radical (unpaired) electrons. The van der Waals surface area contributed by atoms with Crippen molar-refractivity contribution in [3.05, 3.63) is 42.2 Å². The van der Waals surface area contributed by atoms with E-state index in [1.807, 2.05) is 18.2 Å². The van der Waals surface area contributed by atoms with E-state index in [2.05, 4.69) is 12.6 Å². The van der Waals surface area contributed by atoms with Crippen molar-refractivity contribution in [2.24, 2.45) is 0 Å². The second-order valence-electron chi connectivity index (χ2n) is 2.68. The topological polar surface area (TPSA) is 0 Å². The third-order valence-electron chi connectivity index (χ3n) is 1.79. The fourth-order valence-corrected chi connectivity index (χ4v) is 1.42. The van der Waals surface area contributed by atoms with Gasteiger partial charge in [0.05, 0.1) is 0 Å². The zero-order valence-electron chi connectivity index (χ0n) is 6.29. The van der Waals surface area contributed by atoms with Crippen LogP contribution in [-0.4, -0.2) is 0 Å². The molecule has 0 aromatic heterocycles. The molecule has 0 aliphatic heterocycles. The Kier molecular flexibility index (Phi) is 1.77. The van der Waals surface area contributed by atoms with Gasteiger partial charge in [0.2, 0.25) is 0 Å². The van der Waals surface area contributed by atoms with Crippen molar-refractivity contribution in [2.75, 3.05) is 0 Å². The summed E-state index contributed by atoms with van der Waals surface area (Å²) in [5, 5.41) is 1.93. The predicted molar refractivity (Wildman–Crippen MR) is 51.2 cm³/mol. The van der Waals surface area contributed by atoms with Gasteiger partial charge in [-0.1, -0.05) is 12.1 Å². The van der Waals surface area contributed by atoms with Crippen LogP contribution in [0.3, 0.4) is 0 Å². The maximum absolute atomic E-state index is 12.7. The van der Waals surface area contributed by atoms with Gasteiger partial charge in [-0.3, -0.25) is 0 Å². The molecule has 0 saturated heterocycles. The number of thiol groups is 1. The van der Waals surface area contributed by atoms with E-state index in [0.29, 0.717) is 0 Å². The molecule has 12 heavy (non-hydrogen) atoms. The van der Waals surface area contributed by atoms with Crippen LogP contribution in [-0.2, 0) is 0 Å². The monoisotopic (exact) mass is 178 g/mol. The van der Waals surface area contributed by atoms with Crippen LogP contribution in [0.1, 0.15) is 0 Å². The molecule has 60 valence electrons. The summed E-state index contributed by atoms with van der Waals surface area (Å²) in [6.45, 7) is 0. The van der Waals surface area contributed by atoms with Gasteiger partial charge < -0.3 is 0 Å². The molecule has 2 aromatic rings. The van der Waals surface area contributed by atoms with E-state index in [0.717, 1.165) is 15.7 Å². The van der Waals surface area contributed by atoms with Gasteiger partial charge in [-0.05, 0) is 35.0 Å². The van der Waals surface area contributed by atoms with Gasteiger partial charge in [-0.2, -0.15) is 0 Å². The molecule has 0 atom stereocenters. The predicted octanol–water partition coefficient (Wildman–Crippen LogP) is 3.27. The van der Waals surface area contributed by atoms with Crippen molar-refractivity contribution in [1.29, 1.82) is 0 Å². The molecule has 2 aromatic carbocycles. The van der Waals surface area contributed by atoms with Crippen molar-refractivity contribution in [1.82, 2.24) is 0 Å². The summed E-state index contributed by atoms with van der Waals surface area (Å²) >= 11 is 4.19. The zero-order chi connectivity index (χ0) is 8.55. The van der Waals surface area contributed by atoms with Gasteiger partial charge in [0.25, 0.3) is 0 Å². The van der Waals surface area contributed by atoms with Crippen LogP contribution in [0.15, 0.2) is 41.3 Å². The number of benzene rings is 2. The average Bonchev–Trinajstić information content (AvgIpc) is 2.05. The van der Waals surface area contributed by atoms with Crippen LogP contribution in [0.4, 0.5) is 4.39 Å². The van der Waals surface area contributed by atoms with E-state index in [9.17, 15) is 4.39 Å². The van der Waals surface area contributed by atoms with Crippen LogP contribution in [0.2, 0.25) is 0 Å². The Bertz CT molecular complexity index is 382. The zero-order valence-corrected chi connectivity index (χ0v) is 7.18. The molecule has 0 nitrogen and oxygen atoms in total. The second kappa shape index (κ2) is 2.79. The Hall–Kier alpha value is -1.02. The van der Waals surface area contributed by atoms with Gasteiger partial charge in [0.1, 0.15) is 5.82 Å². The maximum atomic E-state index is 12.7. The first-order valence-corrected chi connectivity index (χ1v) is 4.09. The summed E-state index contributed by atoms with van der Waals surface area (Å²) in [5.41, 5.74) is 0. The Balaban J connectivity index is 2.79. The number of hydrogen-bond donors (Lipinski definition) is 1. The van der Waals surface area contributed by atoms with Crippen LogP contribution >= 0.6 is 12.6 Å². The van der Waals surface area contributed by atoms with Gasteiger partial charge in [0.15, 0.2) is 0 Å². The Morgan fingerprint density at radius 1 is 0.917 bits per heavy atom. The molecule has 0 amide bonds. The highest BCUT2D eigenvalue weighted by Crippen LogP contribution is 2.18. The summed E-state index contributed by atoms with van der Waals surface area (Å²) < 4.78 is 12.7. The molecule has 0 fully saturated rings. The summed E-state index contributed by atoms with van der Waals surface area (Å²) in [6.07, 6.45) is 0. The molecular formula is C10H7FS. The molecule has 0 aliphatic carbocycles. The first-order chi connectivity index (χ1) is 5.75. The Morgan fingerprint density at radius 2 is 1.58 bits per heavy atom. The first kappa shape index (κ1) is 7.62. The van der Waals surface area contributed by atoms with Crippen LogP contribution in [0.5, 0.6) is 0 Å². The van der Waals surface area contributed by atoms with E-state index in [4.69, 9.17) is 0 Å².